The lowest BCUT2D eigenvalue weighted by molar-refractivity contribution is 0.0696. The van der Waals surface area contributed by atoms with Gasteiger partial charge < -0.3 is 10.4 Å². The molecule has 3 aromatic carbocycles. The van der Waals surface area contributed by atoms with Gasteiger partial charge in [0.1, 0.15) is 0 Å². The molecule has 5 rings (SSSR count). The number of benzene rings is 3. The highest BCUT2D eigenvalue weighted by atomic mass is 16.4. The molecule has 1 aliphatic heterocycles. The Labute approximate surface area is 152 Å². The molecule has 0 bridgehead atoms. The van der Waals surface area contributed by atoms with Gasteiger partial charge in [-0.1, -0.05) is 54.6 Å². The van der Waals surface area contributed by atoms with Crippen molar-refractivity contribution in [3.05, 3.63) is 89.5 Å². The van der Waals surface area contributed by atoms with Gasteiger partial charge in [0, 0.05) is 11.6 Å². The third-order valence-corrected chi connectivity index (χ3v) is 5.77. The fourth-order valence-corrected chi connectivity index (χ4v) is 4.56. The fourth-order valence-electron chi connectivity index (χ4n) is 4.56. The molecule has 0 radical (unpaired) electrons. The lowest BCUT2D eigenvalue weighted by atomic mass is 9.76. The number of aromatic carboxylic acids is 1. The average molecular weight is 341 g/mol. The summed E-state index contributed by atoms with van der Waals surface area (Å²) >= 11 is 0. The standard InChI is InChI=1S/C23H19NO2/c25-23(26)15-11-12-21-20(13-15)17-8-4-10-19(17)22(24-21)18-9-3-6-14-5-1-2-7-16(14)18/h1-9,11-13,17,19,22,24H,10H2,(H,25,26)/t17-,19-,22-/m0/s1. The fraction of sp³-hybridized carbons (Fsp3) is 0.174. The van der Waals surface area contributed by atoms with Crippen molar-refractivity contribution in [1.82, 2.24) is 0 Å². The predicted octanol–water partition coefficient (Wildman–Crippen LogP) is 5.36. The molecule has 0 saturated heterocycles. The number of nitrogens with one attached hydrogen (secondary N) is 1. The summed E-state index contributed by atoms with van der Waals surface area (Å²) in [5, 5.41) is 15.6. The van der Waals surface area contributed by atoms with Crippen molar-refractivity contribution in [1.29, 1.82) is 0 Å². The van der Waals surface area contributed by atoms with Crippen LogP contribution < -0.4 is 5.32 Å². The van der Waals surface area contributed by atoms with Gasteiger partial charge in [-0.3, -0.25) is 0 Å². The van der Waals surface area contributed by atoms with Crippen LogP contribution in [0.3, 0.4) is 0 Å². The first-order chi connectivity index (χ1) is 12.7. The Balaban J connectivity index is 1.65. The van der Waals surface area contributed by atoms with Gasteiger partial charge in [-0.25, -0.2) is 4.79 Å². The normalized spacial score (nSPS) is 23.3. The number of hydrogen-bond donors (Lipinski definition) is 2. The van der Waals surface area contributed by atoms with Crippen molar-refractivity contribution in [3.63, 3.8) is 0 Å². The Hall–Kier alpha value is -3.07. The Morgan fingerprint density at radius 3 is 2.73 bits per heavy atom. The first-order valence-corrected chi connectivity index (χ1v) is 9.00. The van der Waals surface area contributed by atoms with E-state index in [9.17, 15) is 9.90 Å². The van der Waals surface area contributed by atoms with Crippen molar-refractivity contribution in [2.24, 2.45) is 5.92 Å². The zero-order chi connectivity index (χ0) is 17.7. The Morgan fingerprint density at radius 2 is 1.85 bits per heavy atom. The molecule has 0 saturated carbocycles. The van der Waals surface area contributed by atoms with Gasteiger partial charge in [0.2, 0.25) is 0 Å². The van der Waals surface area contributed by atoms with Crippen molar-refractivity contribution < 1.29 is 9.90 Å². The average Bonchev–Trinajstić information content (AvgIpc) is 3.16. The van der Waals surface area contributed by atoms with Crippen LogP contribution in [0.1, 0.15) is 39.9 Å². The van der Waals surface area contributed by atoms with Gasteiger partial charge >= 0.3 is 5.97 Å². The summed E-state index contributed by atoms with van der Waals surface area (Å²) in [6, 6.07) is 20.6. The topological polar surface area (TPSA) is 49.3 Å². The van der Waals surface area contributed by atoms with Crippen molar-refractivity contribution >= 4 is 22.4 Å². The molecule has 3 atom stereocenters. The minimum atomic E-state index is -0.873. The molecule has 3 nitrogen and oxygen atoms in total. The lowest BCUT2D eigenvalue weighted by Gasteiger charge is -2.38. The highest BCUT2D eigenvalue weighted by molar-refractivity contribution is 5.89. The summed E-state index contributed by atoms with van der Waals surface area (Å²) in [7, 11) is 0. The molecule has 0 unspecified atom stereocenters. The van der Waals surface area contributed by atoms with Crippen LogP contribution in [-0.4, -0.2) is 11.1 Å². The molecule has 26 heavy (non-hydrogen) atoms. The molecule has 1 aliphatic carbocycles. The predicted molar refractivity (Wildman–Crippen MR) is 104 cm³/mol. The summed E-state index contributed by atoms with van der Waals surface area (Å²) in [6.07, 6.45) is 5.48. The van der Waals surface area contributed by atoms with Gasteiger partial charge in [-0.2, -0.15) is 0 Å². The second-order valence-electron chi connectivity index (χ2n) is 7.15. The van der Waals surface area contributed by atoms with Crippen LogP contribution in [0.15, 0.2) is 72.8 Å². The van der Waals surface area contributed by atoms with E-state index < -0.39 is 5.97 Å². The molecule has 2 N–H and O–H groups in total. The maximum atomic E-state index is 11.4. The van der Waals surface area contributed by atoms with Gasteiger partial charge in [0.05, 0.1) is 11.6 Å². The first-order valence-electron chi connectivity index (χ1n) is 9.00. The van der Waals surface area contributed by atoms with Crippen molar-refractivity contribution in [2.45, 2.75) is 18.4 Å². The van der Waals surface area contributed by atoms with E-state index in [0.29, 0.717) is 11.5 Å². The molecule has 0 fully saturated rings. The molecular weight excluding hydrogens is 322 g/mol. The van der Waals surface area contributed by atoms with Crippen LogP contribution in [0, 0.1) is 5.92 Å². The number of anilines is 1. The van der Waals surface area contributed by atoms with Gasteiger partial charge in [0.15, 0.2) is 0 Å². The van der Waals surface area contributed by atoms with E-state index >= 15 is 0 Å². The summed E-state index contributed by atoms with van der Waals surface area (Å²) in [5.41, 5.74) is 3.81. The third-order valence-electron chi connectivity index (χ3n) is 5.77. The molecule has 0 amide bonds. The maximum Gasteiger partial charge on any atom is 0.335 e. The van der Waals surface area contributed by atoms with Crippen LogP contribution in [0.25, 0.3) is 10.8 Å². The van der Waals surface area contributed by atoms with Crippen LogP contribution in [0.4, 0.5) is 5.69 Å². The molecular formula is C23H19NO2. The number of hydrogen-bond acceptors (Lipinski definition) is 2. The summed E-state index contributed by atoms with van der Waals surface area (Å²) in [4.78, 5) is 11.4. The Morgan fingerprint density at radius 1 is 1.00 bits per heavy atom. The van der Waals surface area contributed by atoms with Gasteiger partial charge in [-0.15, -0.1) is 0 Å². The lowest BCUT2D eigenvalue weighted by Crippen LogP contribution is -2.29. The third kappa shape index (κ3) is 2.24. The molecule has 128 valence electrons. The highest BCUT2D eigenvalue weighted by Gasteiger charge is 2.38. The molecule has 1 heterocycles. The monoisotopic (exact) mass is 341 g/mol. The van der Waals surface area contributed by atoms with E-state index in [1.807, 2.05) is 12.1 Å². The van der Waals surface area contributed by atoms with Crippen LogP contribution >= 0.6 is 0 Å². The number of carbonyl (C=O) groups is 1. The molecule has 0 spiro atoms. The quantitative estimate of drug-likeness (QED) is 0.617. The van der Waals surface area contributed by atoms with E-state index in [2.05, 4.69) is 59.9 Å². The van der Waals surface area contributed by atoms with Crippen LogP contribution in [-0.2, 0) is 0 Å². The van der Waals surface area contributed by atoms with E-state index in [0.717, 1.165) is 17.7 Å². The van der Waals surface area contributed by atoms with Crippen LogP contribution in [0.2, 0.25) is 0 Å². The maximum absolute atomic E-state index is 11.4. The SMILES string of the molecule is O=C(O)c1ccc2c(c1)[C@H]1C=CC[C@@H]1[C@H](c1cccc3ccccc13)N2. The minimum Gasteiger partial charge on any atom is -0.478 e. The first kappa shape index (κ1) is 15.2. The molecule has 3 aromatic rings. The van der Waals surface area contributed by atoms with E-state index in [4.69, 9.17) is 0 Å². The number of carboxylic acid groups (broad SMARTS) is 1. The van der Waals surface area contributed by atoms with E-state index in [1.165, 1.54) is 16.3 Å². The second kappa shape index (κ2) is 5.73. The number of allylic oxidation sites excluding steroid dienone is 2. The van der Waals surface area contributed by atoms with Crippen molar-refractivity contribution in [2.75, 3.05) is 5.32 Å². The minimum absolute atomic E-state index is 0.212. The van der Waals surface area contributed by atoms with E-state index in [-0.39, 0.29) is 12.0 Å². The summed E-state index contributed by atoms with van der Waals surface area (Å²) < 4.78 is 0. The largest absolute Gasteiger partial charge is 0.478 e. The zero-order valence-corrected chi connectivity index (χ0v) is 14.2. The second-order valence-corrected chi connectivity index (χ2v) is 7.15. The Kier molecular flexibility index (Phi) is 3.35. The number of carboxylic acids is 1. The number of rotatable bonds is 2. The molecule has 0 aromatic heterocycles. The van der Waals surface area contributed by atoms with E-state index in [1.54, 1.807) is 6.07 Å². The summed E-state index contributed by atoms with van der Waals surface area (Å²) in [5.74, 6) is -0.214. The molecule has 2 aliphatic rings. The van der Waals surface area contributed by atoms with Gasteiger partial charge in [0.25, 0.3) is 0 Å². The van der Waals surface area contributed by atoms with Crippen molar-refractivity contribution in [3.8, 4) is 0 Å². The van der Waals surface area contributed by atoms with Crippen LogP contribution in [0.5, 0.6) is 0 Å². The Bertz CT molecular complexity index is 1050. The zero-order valence-electron chi connectivity index (χ0n) is 14.2. The van der Waals surface area contributed by atoms with Gasteiger partial charge in [-0.05, 0) is 52.4 Å². The highest BCUT2D eigenvalue weighted by Crippen LogP contribution is 2.50. The molecule has 3 heteroatoms. The summed E-state index contributed by atoms with van der Waals surface area (Å²) in [6.45, 7) is 0. The number of fused-ring (bicyclic) bond motifs is 4. The smallest absolute Gasteiger partial charge is 0.335 e.